The summed E-state index contributed by atoms with van der Waals surface area (Å²) in [6.45, 7) is 1.51. The lowest BCUT2D eigenvalue weighted by atomic mass is 9.91. The molecular formula is C11H13NO2. The van der Waals surface area contributed by atoms with Crippen LogP contribution in [0.4, 0.5) is 0 Å². The average Bonchev–Trinajstić information content (AvgIpc) is 2.27. The van der Waals surface area contributed by atoms with Gasteiger partial charge in [-0.1, -0.05) is 24.3 Å². The molecule has 0 aromatic heterocycles. The molecule has 0 unspecified atom stereocenters. The van der Waals surface area contributed by atoms with Gasteiger partial charge < -0.3 is 10.1 Å². The van der Waals surface area contributed by atoms with Crippen molar-refractivity contribution in [2.24, 2.45) is 0 Å². The molecular weight excluding hydrogens is 178 g/mol. The van der Waals surface area contributed by atoms with E-state index in [2.05, 4.69) is 5.32 Å². The van der Waals surface area contributed by atoms with Gasteiger partial charge in [-0.3, -0.25) is 4.79 Å². The minimum Gasteiger partial charge on any atom is -0.469 e. The van der Waals surface area contributed by atoms with Crippen molar-refractivity contribution in [1.29, 1.82) is 0 Å². The third-order valence-electron chi connectivity index (χ3n) is 2.58. The summed E-state index contributed by atoms with van der Waals surface area (Å²) in [5.41, 5.74) is 2.28. The van der Waals surface area contributed by atoms with Crippen molar-refractivity contribution in [3.8, 4) is 0 Å². The first kappa shape index (κ1) is 9.21. The summed E-state index contributed by atoms with van der Waals surface area (Å²) in [4.78, 5) is 11.5. The molecule has 0 fully saturated rings. The molecule has 0 radical (unpaired) electrons. The molecule has 0 spiro atoms. The molecule has 1 aromatic rings. The predicted molar refractivity (Wildman–Crippen MR) is 52.9 cm³/mol. The van der Waals surface area contributed by atoms with Crippen molar-refractivity contribution in [1.82, 2.24) is 5.32 Å². The number of hydrogen-bond donors (Lipinski definition) is 1. The van der Waals surface area contributed by atoms with E-state index in [-0.39, 0.29) is 11.9 Å². The Morgan fingerprint density at radius 2 is 2.29 bits per heavy atom. The van der Waals surface area contributed by atoms with Crippen LogP contribution in [0, 0.1) is 0 Å². The van der Waals surface area contributed by atoms with Gasteiger partial charge in [0.1, 0.15) is 0 Å². The standard InChI is InChI=1S/C11H13NO2/c1-14-11(13)10-7-12-6-8-4-2-3-5-9(8)10/h2-5,10,12H,6-7H2,1H3/t10-/m1/s1. The van der Waals surface area contributed by atoms with Gasteiger partial charge in [0.25, 0.3) is 0 Å². The van der Waals surface area contributed by atoms with Gasteiger partial charge in [-0.15, -0.1) is 0 Å². The first-order valence-electron chi connectivity index (χ1n) is 4.69. The highest BCUT2D eigenvalue weighted by atomic mass is 16.5. The molecule has 0 saturated carbocycles. The lowest BCUT2D eigenvalue weighted by molar-refractivity contribution is -0.142. The molecule has 3 nitrogen and oxygen atoms in total. The van der Waals surface area contributed by atoms with Crippen LogP contribution in [0.1, 0.15) is 17.0 Å². The summed E-state index contributed by atoms with van der Waals surface area (Å²) < 4.78 is 4.77. The zero-order valence-corrected chi connectivity index (χ0v) is 8.12. The summed E-state index contributed by atoms with van der Waals surface area (Å²) >= 11 is 0. The van der Waals surface area contributed by atoms with Crippen LogP contribution in [0.5, 0.6) is 0 Å². The number of esters is 1. The zero-order chi connectivity index (χ0) is 9.97. The molecule has 0 saturated heterocycles. The molecule has 74 valence electrons. The van der Waals surface area contributed by atoms with Crippen molar-refractivity contribution in [3.63, 3.8) is 0 Å². The van der Waals surface area contributed by atoms with Crippen molar-refractivity contribution >= 4 is 5.97 Å². The number of rotatable bonds is 1. The van der Waals surface area contributed by atoms with Crippen LogP contribution < -0.4 is 5.32 Å². The van der Waals surface area contributed by atoms with E-state index in [1.54, 1.807) is 0 Å². The van der Waals surface area contributed by atoms with Crippen LogP contribution in [0.2, 0.25) is 0 Å². The minimum absolute atomic E-state index is 0.148. The molecule has 1 aliphatic heterocycles. The van der Waals surface area contributed by atoms with Gasteiger partial charge in [0.05, 0.1) is 13.0 Å². The first-order chi connectivity index (χ1) is 6.83. The third kappa shape index (κ3) is 1.51. The second kappa shape index (κ2) is 3.80. The van der Waals surface area contributed by atoms with E-state index in [9.17, 15) is 4.79 Å². The molecule has 1 heterocycles. The van der Waals surface area contributed by atoms with Gasteiger partial charge in [0.2, 0.25) is 0 Å². The van der Waals surface area contributed by atoms with E-state index in [0.717, 1.165) is 12.1 Å². The third-order valence-corrected chi connectivity index (χ3v) is 2.58. The van der Waals surface area contributed by atoms with Crippen LogP contribution in [-0.2, 0) is 16.1 Å². The first-order valence-corrected chi connectivity index (χ1v) is 4.69. The highest BCUT2D eigenvalue weighted by Gasteiger charge is 2.26. The molecule has 3 heteroatoms. The normalized spacial score (nSPS) is 19.9. The van der Waals surface area contributed by atoms with Crippen molar-refractivity contribution in [3.05, 3.63) is 35.4 Å². The Morgan fingerprint density at radius 3 is 3.07 bits per heavy atom. The van der Waals surface area contributed by atoms with Gasteiger partial charge in [-0.2, -0.15) is 0 Å². The number of fused-ring (bicyclic) bond motifs is 1. The number of nitrogens with one attached hydrogen (secondary N) is 1. The number of carbonyl (C=O) groups excluding carboxylic acids is 1. The van der Waals surface area contributed by atoms with Crippen LogP contribution in [0.25, 0.3) is 0 Å². The zero-order valence-electron chi connectivity index (χ0n) is 8.12. The highest BCUT2D eigenvalue weighted by molar-refractivity contribution is 5.79. The summed E-state index contributed by atoms with van der Waals surface area (Å²) in [5, 5.41) is 3.21. The summed E-state index contributed by atoms with van der Waals surface area (Å²) in [6.07, 6.45) is 0. The van der Waals surface area contributed by atoms with Crippen molar-refractivity contribution < 1.29 is 9.53 Å². The van der Waals surface area contributed by atoms with Crippen molar-refractivity contribution in [2.45, 2.75) is 12.5 Å². The Hall–Kier alpha value is -1.35. The second-order valence-electron chi connectivity index (χ2n) is 3.41. The van der Waals surface area contributed by atoms with Gasteiger partial charge >= 0.3 is 5.97 Å². The fourth-order valence-electron chi connectivity index (χ4n) is 1.85. The van der Waals surface area contributed by atoms with Crippen LogP contribution >= 0.6 is 0 Å². The maximum Gasteiger partial charge on any atom is 0.314 e. The lowest BCUT2D eigenvalue weighted by Crippen LogP contribution is -2.33. The van der Waals surface area contributed by atoms with E-state index in [1.165, 1.54) is 12.7 Å². The number of hydrogen-bond acceptors (Lipinski definition) is 3. The quantitative estimate of drug-likeness (QED) is 0.674. The van der Waals surface area contributed by atoms with E-state index in [0.29, 0.717) is 6.54 Å². The SMILES string of the molecule is COC(=O)[C@@H]1CNCc2ccccc21. The molecule has 0 aliphatic carbocycles. The Morgan fingerprint density at radius 1 is 1.50 bits per heavy atom. The summed E-state index contributed by atoms with van der Waals surface area (Å²) in [7, 11) is 1.43. The fraction of sp³-hybridized carbons (Fsp3) is 0.364. The van der Waals surface area contributed by atoms with E-state index in [1.807, 2.05) is 24.3 Å². The molecule has 1 atom stereocenters. The summed E-state index contributed by atoms with van der Waals surface area (Å²) in [6, 6.07) is 7.98. The Bertz CT molecular complexity index is 349. The Labute approximate surface area is 83.1 Å². The molecule has 1 aliphatic rings. The molecule has 1 N–H and O–H groups in total. The minimum atomic E-state index is -0.162. The smallest absolute Gasteiger partial charge is 0.314 e. The Kier molecular flexibility index (Phi) is 2.50. The monoisotopic (exact) mass is 191 g/mol. The van der Waals surface area contributed by atoms with Crippen LogP contribution in [0.15, 0.2) is 24.3 Å². The average molecular weight is 191 g/mol. The maximum atomic E-state index is 11.5. The topological polar surface area (TPSA) is 38.3 Å². The van der Waals surface area contributed by atoms with Gasteiger partial charge in [-0.25, -0.2) is 0 Å². The number of benzene rings is 1. The van der Waals surface area contributed by atoms with Gasteiger partial charge in [0, 0.05) is 13.1 Å². The second-order valence-corrected chi connectivity index (χ2v) is 3.41. The largest absolute Gasteiger partial charge is 0.469 e. The molecule has 0 amide bonds. The molecule has 1 aromatic carbocycles. The highest BCUT2D eigenvalue weighted by Crippen LogP contribution is 2.24. The van der Waals surface area contributed by atoms with Crippen LogP contribution in [-0.4, -0.2) is 19.6 Å². The summed E-state index contributed by atoms with van der Waals surface area (Å²) in [5.74, 6) is -0.311. The van der Waals surface area contributed by atoms with Gasteiger partial charge in [-0.05, 0) is 11.1 Å². The lowest BCUT2D eigenvalue weighted by Gasteiger charge is -2.24. The molecule has 0 bridgehead atoms. The van der Waals surface area contributed by atoms with E-state index >= 15 is 0 Å². The number of methoxy groups -OCH3 is 1. The van der Waals surface area contributed by atoms with Crippen molar-refractivity contribution in [2.75, 3.05) is 13.7 Å². The van der Waals surface area contributed by atoms with Gasteiger partial charge in [0.15, 0.2) is 0 Å². The van der Waals surface area contributed by atoms with E-state index < -0.39 is 0 Å². The predicted octanol–water partition coefficient (Wildman–Crippen LogP) is 1.05. The van der Waals surface area contributed by atoms with E-state index in [4.69, 9.17) is 4.74 Å². The number of carbonyl (C=O) groups is 1. The molecule has 2 rings (SSSR count). The van der Waals surface area contributed by atoms with Crippen LogP contribution in [0.3, 0.4) is 0 Å². The number of ether oxygens (including phenoxy) is 1. The Balaban J connectivity index is 2.35. The molecule has 14 heavy (non-hydrogen) atoms. The fourth-order valence-corrected chi connectivity index (χ4v) is 1.85. The maximum absolute atomic E-state index is 11.5.